The summed E-state index contributed by atoms with van der Waals surface area (Å²) in [5.41, 5.74) is 2.87. The van der Waals surface area contributed by atoms with Crippen LogP contribution in [0.1, 0.15) is 10.4 Å². The smallest absolute Gasteiger partial charge is 0.339 e. The minimum absolute atomic E-state index is 0.0856. The summed E-state index contributed by atoms with van der Waals surface area (Å²) in [5, 5.41) is 9.08. The summed E-state index contributed by atoms with van der Waals surface area (Å²) in [6.45, 7) is 0. The molecule has 0 aliphatic rings. The summed E-state index contributed by atoms with van der Waals surface area (Å²) in [4.78, 5) is 13.1. The zero-order valence-corrected chi connectivity index (χ0v) is 12.4. The van der Waals surface area contributed by atoms with Gasteiger partial charge in [-0.1, -0.05) is 18.2 Å². The Morgan fingerprint density at radius 1 is 1.14 bits per heavy atom. The van der Waals surface area contributed by atoms with Gasteiger partial charge in [0, 0.05) is 5.69 Å². The van der Waals surface area contributed by atoms with Crippen molar-refractivity contribution in [2.45, 2.75) is 4.90 Å². The molecule has 0 unspecified atom stereocenters. The Morgan fingerprint density at radius 3 is 2.41 bits per heavy atom. The van der Waals surface area contributed by atoms with Crippen LogP contribution >= 0.6 is 0 Å². The molecule has 0 radical (unpaired) electrons. The lowest BCUT2D eigenvalue weighted by Crippen LogP contribution is -2.29. The predicted molar refractivity (Wildman–Crippen MR) is 80.3 cm³/mol. The molecule has 0 atom stereocenters. The lowest BCUT2D eigenvalue weighted by molar-refractivity contribution is 0.0693. The van der Waals surface area contributed by atoms with Gasteiger partial charge in [0.1, 0.15) is 11.3 Å². The fourth-order valence-corrected chi connectivity index (χ4v) is 2.62. The van der Waals surface area contributed by atoms with Crippen LogP contribution in [0.15, 0.2) is 53.4 Å². The quantitative estimate of drug-likeness (QED) is 0.699. The maximum atomic E-state index is 12.2. The number of carboxylic acids is 1. The molecule has 0 spiro atoms. The molecule has 0 saturated carbocycles. The van der Waals surface area contributed by atoms with Crippen molar-refractivity contribution < 1.29 is 23.1 Å². The van der Waals surface area contributed by atoms with E-state index in [0.29, 0.717) is 5.69 Å². The topological polar surface area (TPSA) is 105 Å². The standard InChI is InChI=1S/C14H14N2O5S/c1-21-13-8-7-11(9-12(13)14(17)18)22(19,20)16-15-10-5-3-2-4-6-10/h2-9,15-16H,1H3,(H,17,18). The van der Waals surface area contributed by atoms with Gasteiger partial charge in [0.25, 0.3) is 10.0 Å². The number of nitrogens with one attached hydrogen (secondary N) is 2. The first-order valence-electron chi connectivity index (χ1n) is 6.18. The number of methoxy groups -OCH3 is 1. The summed E-state index contributed by atoms with van der Waals surface area (Å²) < 4.78 is 29.2. The zero-order valence-electron chi connectivity index (χ0n) is 11.6. The van der Waals surface area contributed by atoms with Crippen molar-refractivity contribution in [2.75, 3.05) is 12.5 Å². The van der Waals surface area contributed by atoms with Gasteiger partial charge in [0.05, 0.1) is 12.0 Å². The van der Waals surface area contributed by atoms with Crippen molar-refractivity contribution in [3.63, 3.8) is 0 Å². The monoisotopic (exact) mass is 322 g/mol. The van der Waals surface area contributed by atoms with E-state index >= 15 is 0 Å². The molecule has 8 heteroatoms. The predicted octanol–water partition coefficient (Wildman–Crippen LogP) is 1.70. The molecule has 116 valence electrons. The third-order valence-corrected chi connectivity index (χ3v) is 4.06. The fraction of sp³-hybridized carbons (Fsp3) is 0.0714. The normalized spacial score (nSPS) is 11.0. The Bertz CT molecular complexity index is 775. The number of aromatic carboxylic acids is 1. The lowest BCUT2D eigenvalue weighted by Gasteiger charge is -2.11. The molecule has 22 heavy (non-hydrogen) atoms. The summed E-state index contributed by atoms with van der Waals surface area (Å²) in [7, 11) is -2.61. The number of hydrogen-bond acceptors (Lipinski definition) is 5. The number of anilines is 1. The molecule has 0 aromatic heterocycles. The Balaban J connectivity index is 2.26. The summed E-state index contributed by atoms with van der Waals surface area (Å²) in [5.74, 6) is -1.19. The van der Waals surface area contributed by atoms with Crippen molar-refractivity contribution in [1.82, 2.24) is 4.83 Å². The molecule has 2 aromatic carbocycles. The van der Waals surface area contributed by atoms with Gasteiger partial charge in [0.2, 0.25) is 0 Å². The van der Waals surface area contributed by atoms with Gasteiger partial charge in [-0.15, -0.1) is 4.83 Å². The molecule has 0 amide bonds. The second-order valence-electron chi connectivity index (χ2n) is 4.26. The van der Waals surface area contributed by atoms with E-state index in [-0.39, 0.29) is 16.2 Å². The number of sulfonamides is 1. The molecular weight excluding hydrogens is 308 g/mol. The minimum atomic E-state index is -3.92. The fourth-order valence-electron chi connectivity index (χ4n) is 1.73. The van der Waals surface area contributed by atoms with Crippen LogP contribution in [0.5, 0.6) is 5.75 Å². The molecule has 0 saturated heterocycles. The van der Waals surface area contributed by atoms with E-state index in [0.717, 1.165) is 6.07 Å². The Labute approximate surface area is 127 Å². The largest absolute Gasteiger partial charge is 0.496 e. The molecule has 0 bridgehead atoms. The van der Waals surface area contributed by atoms with Crippen molar-refractivity contribution in [1.29, 1.82) is 0 Å². The van der Waals surface area contributed by atoms with Crippen LogP contribution in [-0.4, -0.2) is 26.6 Å². The number of para-hydroxylation sites is 1. The number of rotatable bonds is 6. The first kappa shape index (κ1) is 15.8. The maximum absolute atomic E-state index is 12.2. The highest BCUT2D eigenvalue weighted by atomic mass is 32.2. The average Bonchev–Trinajstić information content (AvgIpc) is 2.53. The van der Waals surface area contributed by atoms with Gasteiger partial charge in [-0.2, -0.15) is 0 Å². The Morgan fingerprint density at radius 2 is 1.82 bits per heavy atom. The molecular formula is C14H14N2O5S. The number of ether oxygens (including phenoxy) is 1. The third-order valence-electron chi connectivity index (χ3n) is 2.82. The van der Waals surface area contributed by atoms with Crippen molar-refractivity contribution in [3.05, 3.63) is 54.1 Å². The van der Waals surface area contributed by atoms with Crippen LogP contribution < -0.4 is 15.0 Å². The van der Waals surface area contributed by atoms with Crippen LogP contribution in [-0.2, 0) is 10.0 Å². The first-order chi connectivity index (χ1) is 10.4. The molecule has 0 fully saturated rings. The van der Waals surface area contributed by atoms with Gasteiger partial charge in [-0.3, -0.25) is 0 Å². The Hall–Kier alpha value is -2.58. The van der Waals surface area contributed by atoms with E-state index in [9.17, 15) is 13.2 Å². The van der Waals surface area contributed by atoms with E-state index in [2.05, 4.69) is 10.3 Å². The molecule has 2 aromatic rings. The van der Waals surface area contributed by atoms with E-state index in [4.69, 9.17) is 9.84 Å². The van der Waals surface area contributed by atoms with Crippen LogP contribution in [0.4, 0.5) is 5.69 Å². The lowest BCUT2D eigenvalue weighted by atomic mass is 10.2. The van der Waals surface area contributed by atoms with Gasteiger partial charge in [-0.05, 0) is 30.3 Å². The number of carbonyl (C=O) groups is 1. The number of hydrogen-bond donors (Lipinski definition) is 3. The maximum Gasteiger partial charge on any atom is 0.339 e. The van der Waals surface area contributed by atoms with Gasteiger partial charge in [0.15, 0.2) is 0 Å². The van der Waals surface area contributed by atoms with Gasteiger partial charge < -0.3 is 15.3 Å². The number of hydrazine groups is 1. The highest BCUT2D eigenvalue weighted by Crippen LogP contribution is 2.22. The van der Waals surface area contributed by atoms with E-state index < -0.39 is 16.0 Å². The van der Waals surface area contributed by atoms with Gasteiger partial charge >= 0.3 is 5.97 Å². The molecule has 0 aliphatic carbocycles. The van der Waals surface area contributed by atoms with E-state index in [1.54, 1.807) is 30.3 Å². The van der Waals surface area contributed by atoms with Crippen molar-refractivity contribution in [3.8, 4) is 5.75 Å². The molecule has 2 rings (SSSR count). The molecule has 0 heterocycles. The zero-order chi connectivity index (χ0) is 16.2. The third kappa shape index (κ3) is 3.54. The van der Waals surface area contributed by atoms with E-state index in [1.807, 2.05) is 0 Å². The average molecular weight is 322 g/mol. The van der Waals surface area contributed by atoms with Crippen LogP contribution in [0.3, 0.4) is 0 Å². The second-order valence-corrected chi connectivity index (χ2v) is 5.95. The number of carboxylic acid groups (broad SMARTS) is 1. The van der Waals surface area contributed by atoms with Crippen LogP contribution in [0.2, 0.25) is 0 Å². The first-order valence-corrected chi connectivity index (χ1v) is 7.66. The second kappa shape index (κ2) is 6.46. The van der Waals surface area contributed by atoms with Crippen LogP contribution in [0, 0.1) is 0 Å². The molecule has 0 aliphatic heterocycles. The summed E-state index contributed by atoms with van der Waals surface area (Å²) >= 11 is 0. The van der Waals surface area contributed by atoms with Crippen LogP contribution in [0.25, 0.3) is 0 Å². The van der Waals surface area contributed by atoms with Gasteiger partial charge in [-0.25, -0.2) is 13.2 Å². The molecule has 3 N–H and O–H groups in total. The number of benzene rings is 2. The van der Waals surface area contributed by atoms with Crippen molar-refractivity contribution in [2.24, 2.45) is 0 Å². The minimum Gasteiger partial charge on any atom is -0.496 e. The summed E-state index contributed by atoms with van der Waals surface area (Å²) in [6.07, 6.45) is 0. The SMILES string of the molecule is COc1ccc(S(=O)(=O)NNc2ccccc2)cc1C(=O)O. The highest BCUT2D eigenvalue weighted by Gasteiger charge is 2.19. The van der Waals surface area contributed by atoms with Crippen molar-refractivity contribution >= 4 is 21.7 Å². The van der Waals surface area contributed by atoms with E-state index in [1.165, 1.54) is 19.2 Å². The Kier molecular flexibility index (Phi) is 4.64. The highest BCUT2D eigenvalue weighted by molar-refractivity contribution is 7.89. The summed E-state index contributed by atoms with van der Waals surface area (Å²) in [6, 6.07) is 12.2. The molecule has 7 nitrogen and oxygen atoms in total.